The number of ether oxygens (including phenoxy) is 1. The van der Waals surface area contributed by atoms with Gasteiger partial charge in [0.05, 0.1) is 11.5 Å². The molecule has 1 amide bonds. The van der Waals surface area contributed by atoms with Crippen molar-refractivity contribution in [1.29, 1.82) is 0 Å². The van der Waals surface area contributed by atoms with Gasteiger partial charge in [0.1, 0.15) is 5.25 Å². The summed E-state index contributed by atoms with van der Waals surface area (Å²) in [6.07, 6.45) is 0. The van der Waals surface area contributed by atoms with Crippen LogP contribution in [0.2, 0.25) is 0 Å². The van der Waals surface area contributed by atoms with Crippen LogP contribution in [0.25, 0.3) is 0 Å². The Morgan fingerprint density at radius 1 is 1.42 bits per heavy atom. The fourth-order valence-corrected chi connectivity index (χ4v) is 3.89. The molecule has 2 rings (SSSR count). The number of nitrogens with one attached hydrogen (secondary N) is 1. The molecule has 0 saturated carbocycles. The number of amides is 1. The van der Waals surface area contributed by atoms with Gasteiger partial charge in [-0.15, -0.1) is 10.2 Å². The standard InChI is InChI=1S/C15H16N4O5S2/c1-4-24-13(21)9(3)25-15-18-17-14(26-15)16-12(20)10-6-5-7-11(8(10)2)19(22)23/h5-7,9H,4H2,1-3H3,(H,16,17,20)/t9-/m0/s1. The predicted molar refractivity (Wildman–Crippen MR) is 97.6 cm³/mol. The first-order valence-electron chi connectivity index (χ1n) is 7.55. The third kappa shape index (κ3) is 4.76. The van der Waals surface area contributed by atoms with Crippen molar-refractivity contribution < 1.29 is 19.2 Å². The maximum Gasteiger partial charge on any atom is 0.319 e. The molecule has 1 heterocycles. The van der Waals surface area contributed by atoms with E-state index < -0.39 is 16.1 Å². The number of esters is 1. The number of hydrogen-bond donors (Lipinski definition) is 1. The molecule has 1 N–H and O–H groups in total. The molecule has 0 saturated heterocycles. The molecule has 0 aliphatic carbocycles. The van der Waals surface area contributed by atoms with E-state index in [0.717, 1.165) is 11.3 Å². The van der Waals surface area contributed by atoms with Gasteiger partial charge in [-0.3, -0.25) is 25.0 Å². The highest BCUT2D eigenvalue weighted by Crippen LogP contribution is 2.30. The molecule has 0 radical (unpaired) electrons. The number of carbonyl (C=O) groups is 2. The minimum atomic E-state index is -0.539. The molecule has 0 spiro atoms. The van der Waals surface area contributed by atoms with Gasteiger partial charge < -0.3 is 4.74 Å². The van der Waals surface area contributed by atoms with Gasteiger partial charge in [0.25, 0.3) is 11.6 Å². The molecular weight excluding hydrogens is 380 g/mol. The second-order valence-corrected chi connectivity index (χ2v) is 7.61. The molecule has 138 valence electrons. The molecular formula is C15H16N4O5S2. The SMILES string of the molecule is CCOC(=O)[C@H](C)Sc1nnc(NC(=O)c2cccc([N+](=O)[O-])c2C)s1. The Morgan fingerprint density at radius 3 is 2.81 bits per heavy atom. The fraction of sp³-hybridized carbons (Fsp3) is 0.333. The Labute approximate surface area is 157 Å². The summed E-state index contributed by atoms with van der Waals surface area (Å²) in [5.74, 6) is -0.872. The summed E-state index contributed by atoms with van der Waals surface area (Å²) < 4.78 is 5.42. The summed E-state index contributed by atoms with van der Waals surface area (Å²) >= 11 is 2.28. The van der Waals surface area contributed by atoms with Crippen molar-refractivity contribution in [3.05, 3.63) is 39.4 Å². The van der Waals surface area contributed by atoms with Crippen LogP contribution in [0.3, 0.4) is 0 Å². The number of rotatable bonds is 7. The van der Waals surface area contributed by atoms with Gasteiger partial charge in [0.15, 0.2) is 4.34 Å². The van der Waals surface area contributed by atoms with Crippen molar-refractivity contribution in [1.82, 2.24) is 10.2 Å². The van der Waals surface area contributed by atoms with Crippen LogP contribution in [0, 0.1) is 17.0 Å². The zero-order valence-electron chi connectivity index (χ0n) is 14.2. The van der Waals surface area contributed by atoms with Crippen LogP contribution in [0.15, 0.2) is 22.5 Å². The lowest BCUT2D eigenvalue weighted by Gasteiger charge is -2.07. The van der Waals surface area contributed by atoms with Gasteiger partial charge >= 0.3 is 5.97 Å². The third-order valence-corrected chi connectivity index (χ3v) is 5.27. The molecule has 1 aromatic heterocycles. The van der Waals surface area contributed by atoms with Crippen LogP contribution < -0.4 is 5.32 Å². The van der Waals surface area contributed by atoms with Gasteiger partial charge in [-0.2, -0.15) is 0 Å². The number of benzene rings is 1. The minimum absolute atomic E-state index is 0.130. The third-order valence-electron chi connectivity index (χ3n) is 3.27. The van der Waals surface area contributed by atoms with Gasteiger partial charge in [-0.1, -0.05) is 29.2 Å². The number of aromatic nitrogens is 2. The Morgan fingerprint density at radius 2 is 2.15 bits per heavy atom. The number of nitro benzene ring substituents is 1. The number of anilines is 1. The Bertz CT molecular complexity index is 839. The van der Waals surface area contributed by atoms with E-state index in [4.69, 9.17) is 4.74 Å². The van der Waals surface area contributed by atoms with Crippen LogP contribution in [0.1, 0.15) is 29.8 Å². The molecule has 1 atom stereocenters. The Balaban J connectivity index is 2.07. The summed E-state index contributed by atoms with van der Waals surface area (Å²) in [6, 6.07) is 4.28. The second kappa shape index (κ2) is 8.72. The smallest absolute Gasteiger partial charge is 0.319 e. The zero-order valence-corrected chi connectivity index (χ0v) is 15.8. The van der Waals surface area contributed by atoms with Crippen LogP contribution >= 0.6 is 23.1 Å². The maximum atomic E-state index is 12.4. The molecule has 0 fully saturated rings. The van der Waals surface area contributed by atoms with E-state index in [-0.39, 0.29) is 27.9 Å². The van der Waals surface area contributed by atoms with Crippen molar-refractivity contribution in [2.75, 3.05) is 11.9 Å². The highest BCUT2D eigenvalue weighted by Gasteiger charge is 2.21. The predicted octanol–water partition coefficient (Wildman–Crippen LogP) is 3.05. The van der Waals surface area contributed by atoms with E-state index in [0.29, 0.717) is 10.9 Å². The highest BCUT2D eigenvalue weighted by molar-refractivity contribution is 8.02. The zero-order chi connectivity index (χ0) is 19.3. The summed E-state index contributed by atoms with van der Waals surface area (Å²) in [5, 5.41) is 21.1. The average molecular weight is 396 g/mol. The first-order chi connectivity index (χ1) is 12.3. The molecule has 11 heteroatoms. The van der Waals surface area contributed by atoms with Crippen LogP contribution in [0.5, 0.6) is 0 Å². The van der Waals surface area contributed by atoms with Crippen LogP contribution in [-0.2, 0) is 9.53 Å². The molecule has 0 unspecified atom stereocenters. The number of carbonyl (C=O) groups excluding carboxylic acids is 2. The monoisotopic (exact) mass is 396 g/mol. The first kappa shape index (κ1) is 19.8. The van der Waals surface area contributed by atoms with Crippen molar-refractivity contribution in [2.24, 2.45) is 0 Å². The summed E-state index contributed by atoms with van der Waals surface area (Å²) in [6.45, 7) is 5.22. The largest absolute Gasteiger partial charge is 0.465 e. The van der Waals surface area contributed by atoms with Crippen molar-refractivity contribution in [3.63, 3.8) is 0 Å². The Kier molecular flexibility index (Phi) is 6.64. The topological polar surface area (TPSA) is 124 Å². The Hall–Kier alpha value is -2.53. The summed E-state index contributed by atoms with van der Waals surface area (Å²) in [5.41, 5.74) is 0.322. The van der Waals surface area contributed by atoms with Gasteiger partial charge in [0, 0.05) is 17.2 Å². The lowest BCUT2D eigenvalue weighted by atomic mass is 10.1. The van der Waals surface area contributed by atoms with E-state index in [9.17, 15) is 19.7 Å². The molecule has 0 aliphatic heterocycles. The number of nitrogens with zero attached hydrogens (tertiary/aromatic N) is 3. The molecule has 26 heavy (non-hydrogen) atoms. The minimum Gasteiger partial charge on any atom is -0.465 e. The van der Waals surface area contributed by atoms with Crippen molar-refractivity contribution in [3.8, 4) is 0 Å². The number of nitro groups is 1. The number of hydrogen-bond acceptors (Lipinski definition) is 9. The van der Waals surface area contributed by atoms with E-state index in [1.165, 1.54) is 36.9 Å². The van der Waals surface area contributed by atoms with Crippen molar-refractivity contribution in [2.45, 2.75) is 30.4 Å². The second-order valence-electron chi connectivity index (χ2n) is 5.05. The molecule has 0 aliphatic rings. The van der Waals surface area contributed by atoms with Gasteiger partial charge in [-0.05, 0) is 26.8 Å². The lowest BCUT2D eigenvalue weighted by molar-refractivity contribution is -0.385. The number of thioether (sulfide) groups is 1. The van der Waals surface area contributed by atoms with Gasteiger partial charge in [0.2, 0.25) is 5.13 Å². The summed E-state index contributed by atoms with van der Waals surface area (Å²) in [4.78, 5) is 34.4. The highest BCUT2D eigenvalue weighted by atomic mass is 32.2. The van der Waals surface area contributed by atoms with E-state index in [2.05, 4.69) is 15.5 Å². The summed E-state index contributed by atoms with van der Waals surface area (Å²) in [7, 11) is 0. The van der Waals surface area contributed by atoms with E-state index in [1.807, 2.05) is 0 Å². The maximum absolute atomic E-state index is 12.4. The molecule has 2 aromatic rings. The molecule has 0 bridgehead atoms. The quantitative estimate of drug-likeness (QED) is 0.249. The van der Waals surface area contributed by atoms with Crippen LogP contribution in [-0.4, -0.2) is 38.9 Å². The average Bonchev–Trinajstić information content (AvgIpc) is 3.01. The lowest BCUT2D eigenvalue weighted by Crippen LogP contribution is -2.16. The molecule has 1 aromatic carbocycles. The van der Waals surface area contributed by atoms with Crippen LogP contribution in [0.4, 0.5) is 10.8 Å². The first-order valence-corrected chi connectivity index (χ1v) is 9.25. The fourth-order valence-electron chi connectivity index (χ4n) is 2.00. The molecule has 9 nitrogen and oxygen atoms in total. The van der Waals surface area contributed by atoms with Crippen molar-refractivity contribution >= 4 is 45.8 Å². The van der Waals surface area contributed by atoms with Gasteiger partial charge in [-0.25, -0.2) is 0 Å². The normalized spacial score (nSPS) is 11.7. The van der Waals surface area contributed by atoms with E-state index >= 15 is 0 Å². The van der Waals surface area contributed by atoms with E-state index in [1.54, 1.807) is 13.8 Å².